The van der Waals surface area contributed by atoms with E-state index >= 15 is 0 Å². The molecule has 3 saturated heterocycles. The van der Waals surface area contributed by atoms with E-state index in [9.17, 15) is 0 Å². The minimum absolute atomic E-state index is 0.459. The van der Waals surface area contributed by atoms with E-state index < -0.39 is 0 Å². The van der Waals surface area contributed by atoms with Gasteiger partial charge in [-0.15, -0.1) is 0 Å². The van der Waals surface area contributed by atoms with Gasteiger partial charge in [-0.25, -0.2) is 0 Å². The summed E-state index contributed by atoms with van der Waals surface area (Å²) in [6.07, 6.45) is 2.54. The van der Waals surface area contributed by atoms with Gasteiger partial charge in [0.15, 0.2) is 5.11 Å². The van der Waals surface area contributed by atoms with Crippen LogP contribution in [0, 0.1) is 5.92 Å². The van der Waals surface area contributed by atoms with Crippen LogP contribution in [-0.4, -0.2) is 35.7 Å². The Balaban J connectivity index is 1.58. The fraction of sp³-hybridized carbons (Fsp3) is 0.500. The fourth-order valence-electron chi connectivity index (χ4n) is 3.04. The van der Waals surface area contributed by atoms with Gasteiger partial charge < -0.3 is 15.5 Å². The maximum Gasteiger partial charge on any atom is 0.171 e. The van der Waals surface area contributed by atoms with Crippen LogP contribution in [-0.2, 0) is 0 Å². The minimum Gasteiger partial charge on any atom is -0.358 e. The fourth-order valence-corrected chi connectivity index (χ4v) is 3.61. The summed E-state index contributed by atoms with van der Waals surface area (Å²) in [4.78, 5) is 2.50. The lowest BCUT2D eigenvalue weighted by molar-refractivity contribution is 0.0815. The lowest BCUT2D eigenvalue weighted by atomic mass is 9.84. The summed E-state index contributed by atoms with van der Waals surface area (Å²) in [7, 11) is 0. The number of hydrogen-bond donors (Lipinski definition) is 2. The van der Waals surface area contributed by atoms with Crippen LogP contribution >= 0.6 is 35.4 Å². The zero-order valence-electron chi connectivity index (χ0n) is 11.0. The standard InChI is InChI=1S/C14H17Cl2N3S/c15-11-2-1-10(7-12(11)16)17-14(20)18-13-8-19-5-3-9(13)4-6-19/h1-2,7,9,13H,3-6,8H2,(H2,17,18,20)/t13-/m0/s1. The molecular weight excluding hydrogens is 313 g/mol. The van der Waals surface area contributed by atoms with Gasteiger partial charge in [-0.05, 0) is 62.3 Å². The van der Waals surface area contributed by atoms with Gasteiger partial charge in [0.25, 0.3) is 0 Å². The third-order valence-corrected chi connectivity index (χ3v) is 5.11. The highest BCUT2D eigenvalue weighted by atomic mass is 35.5. The quantitative estimate of drug-likeness (QED) is 0.813. The Morgan fingerprint density at radius 3 is 2.55 bits per heavy atom. The molecule has 2 N–H and O–H groups in total. The molecule has 20 heavy (non-hydrogen) atoms. The van der Waals surface area contributed by atoms with Gasteiger partial charge in [-0.2, -0.15) is 0 Å². The Bertz CT molecular complexity index is 515. The Labute approximate surface area is 134 Å². The SMILES string of the molecule is S=C(Nc1ccc(Cl)c(Cl)c1)N[C@H]1CN2CCC1CC2. The molecule has 4 rings (SSSR count). The molecule has 3 aliphatic rings. The second-order valence-electron chi connectivity index (χ2n) is 5.47. The van der Waals surface area contributed by atoms with Gasteiger partial charge in [0.1, 0.15) is 0 Å². The van der Waals surface area contributed by atoms with Crippen LogP contribution in [0.15, 0.2) is 18.2 Å². The Kier molecular flexibility index (Phi) is 4.36. The first-order valence-corrected chi connectivity index (χ1v) is 8.03. The van der Waals surface area contributed by atoms with Crippen LogP contribution in [0.5, 0.6) is 0 Å². The van der Waals surface area contributed by atoms with Gasteiger partial charge in [-0.3, -0.25) is 0 Å². The average molecular weight is 330 g/mol. The maximum absolute atomic E-state index is 6.00. The van der Waals surface area contributed by atoms with E-state index in [1.54, 1.807) is 12.1 Å². The number of nitrogens with one attached hydrogen (secondary N) is 2. The van der Waals surface area contributed by atoms with E-state index in [4.69, 9.17) is 35.4 Å². The van der Waals surface area contributed by atoms with Crippen molar-refractivity contribution in [3.63, 3.8) is 0 Å². The van der Waals surface area contributed by atoms with E-state index in [1.165, 1.54) is 25.9 Å². The molecule has 108 valence electrons. The summed E-state index contributed by atoms with van der Waals surface area (Å²) in [6.45, 7) is 3.56. The molecule has 1 aromatic carbocycles. The average Bonchev–Trinajstić information content (AvgIpc) is 2.44. The van der Waals surface area contributed by atoms with Gasteiger partial charge in [0, 0.05) is 18.3 Å². The molecule has 0 unspecified atom stereocenters. The number of fused-ring (bicyclic) bond motifs is 3. The van der Waals surface area contributed by atoms with Crippen molar-refractivity contribution in [1.82, 2.24) is 10.2 Å². The summed E-state index contributed by atoms with van der Waals surface area (Å²) < 4.78 is 0. The van der Waals surface area contributed by atoms with Crippen molar-refractivity contribution in [1.29, 1.82) is 0 Å². The number of piperidine rings is 3. The molecule has 1 atom stereocenters. The molecule has 0 spiro atoms. The molecule has 3 aliphatic heterocycles. The third-order valence-electron chi connectivity index (χ3n) is 4.15. The van der Waals surface area contributed by atoms with E-state index in [0.29, 0.717) is 21.2 Å². The number of benzene rings is 1. The molecule has 0 saturated carbocycles. The van der Waals surface area contributed by atoms with Crippen molar-refractivity contribution < 1.29 is 0 Å². The zero-order chi connectivity index (χ0) is 14.1. The number of anilines is 1. The van der Waals surface area contributed by atoms with Crippen LogP contribution in [0.3, 0.4) is 0 Å². The molecule has 2 bridgehead atoms. The van der Waals surface area contributed by atoms with E-state index in [1.807, 2.05) is 6.07 Å². The summed E-state index contributed by atoms with van der Waals surface area (Å²) in [5, 5.41) is 8.35. The number of nitrogens with zero attached hydrogens (tertiary/aromatic N) is 1. The van der Waals surface area contributed by atoms with Crippen LogP contribution in [0.2, 0.25) is 10.0 Å². The summed E-state index contributed by atoms with van der Waals surface area (Å²) >= 11 is 17.3. The largest absolute Gasteiger partial charge is 0.358 e. The molecule has 0 aromatic heterocycles. The zero-order valence-corrected chi connectivity index (χ0v) is 13.4. The normalized spacial score (nSPS) is 28.2. The van der Waals surface area contributed by atoms with E-state index in [-0.39, 0.29) is 0 Å². The summed E-state index contributed by atoms with van der Waals surface area (Å²) in [5.41, 5.74) is 0.859. The highest BCUT2D eigenvalue weighted by molar-refractivity contribution is 7.80. The molecule has 0 radical (unpaired) electrons. The summed E-state index contributed by atoms with van der Waals surface area (Å²) in [6, 6.07) is 5.89. The van der Waals surface area contributed by atoms with Crippen molar-refractivity contribution in [2.75, 3.05) is 25.0 Å². The minimum atomic E-state index is 0.459. The molecule has 1 aromatic rings. The third kappa shape index (κ3) is 3.19. The predicted molar refractivity (Wildman–Crippen MR) is 88.8 cm³/mol. The number of thiocarbonyl (C=S) groups is 1. The van der Waals surface area contributed by atoms with Crippen molar-refractivity contribution in [3.05, 3.63) is 28.2 Å². The van der Waals surface area contributed by atoms with Crippen molar-refractivity contribution in [3.8, 4) is 0 Å². The predicted octanol–water partition coefficient (Wildman–Crippen LogP) is 3.37. The molecule has 3 nitrogen and oxygen atoms in total. The number of hydrogen-bond acceptors (Lipinski definition) is 2. The van der Waals surface area contributed by atoms with Gasteiger partial charge in [-0.1, -0.05) is 23.2 Å². The molecule has 0 amide bonds. The summed E-state index contributed by atoms with van der Waals surface area (Å²) in [5.74, 6) is 0.744. The van der Waals surface area contributed by atoms with Crippen molar-refractivity contribution in [2.45, 2.75) is 18.9 Å². The van der Waals surface area contributed by atoms with Crippen LogP contribution in [0.1, 0.15) is 12.8 Å². The first-order chi connectivity index (χ1) is 9.61. The highest BCUT2D eigenvalue weighted by Gasteiger charge is 2.34. The van der Waals surface area contributed by atoms with E-state index in [2.05, 4.69) is 15.5 Å². The monoisotopic (exact) mass is 329 g/mol. The van der Waals surface area contributed by atoms with Crippen molar-refractivity contribution in [2.24, 2.45) is 5.92 Å². The lowest BCUT2D eigenvalue weighted by Crippen LogP contribution is -2.57. The highest BCUT2D eigenvalue weighted by Crippen LogP contribution is 2.28. The first kappa shape index (κ1) is 14.4. The van der Waals surface area contributed by atoms with Crippen LogP contribution in [0.25, 0.3) is 0 Å². The number of rotatable bonds is 2. The Morgan fingerprint density at radius 1 is 1.20 bits per heavy atom. The molecular formula is C14H17Cl2N3S. The van der Waals surface area contributed by atoms with Crippen LogP contribution < -0.4 is 10.6 Å². The first-order valence-electron chi connectivity index (χ1n) is 6.87. The molecule has 3 heterocycles. The van der Waals surface area contributed by atoms with Crippen molar-refractivity contribution >= 4 is 46.2 Å². The van der Waals surface area contributed by atoms with Crippen LogP contribution in [0.4, 0.5) is 5.69 Å². The van der Waals surface area contributed by atoms with E-state index in [0.717, 1.165) is 18.2 Å². The second kappa shape index (κ2) is 6.06. The van der Waals surface area contributed by atoms with Gasteiger partial charge >= 0.3 is 0 Å². The molecule has 3 fully saturated rings. The Hall–Kier alpha value is -0.550. The maximum atomic E-state index is 6.00. The second-order valence-corrected chi connectivity index (χ2v) is 6.69. The Morgan fingerprint density at radius 2 is 1.95 bits per heavy atom. The number of halogens is 2. The van der Waals surface area contributed by atoms with Gasteiger partial charge in [0.2, 0.25) is 0 Å². The molecule has 0 aliphatic carbocycles. The molecule has 6 heteroatoms. The smallest absolute Gasteiger partial charge is 0.171 e. The lowest BCUT2D eigenvalue weighted by Gasteiger charge is -2.45. The van der Waals surface area contributed by atoms with Gasteiger partial charge in [0.05, 0.1) is 10.0 Å². The topological polar surface area (TPSA) is 27.3 Å².